The molecule has 3 atom stereocenters. The van der Waals surface area contributed by atoms with Gasteiger partial charge >= 0.3 is 0 Å². The molecule has 0 unspecified atom stereocenters. The van der Waals surface area contributed by atoms with Gasteiger partial charge in [-0.05, 0) is 17.5 Å². The van der Waals surface area contributed by atoms with Gasteiger partial charge in [0, 0.05) is 37.2 Å². The molecule has 0 radical (unpaired) electrons. The van der Waals surface area contributed by atoms with E-state index < -0.39 is 23.6 Å². The van der Waals surface area contributed by atoms with Gasteiger partial charge in [-0.25, -0.2) is 4.68 Å². The second-order valence-corrected chi connectivity index (χ2v) is 9.24. The second kappa shape index (κ2) is 8.31. The van der Waals surface area contributed by atoms with Crippen LogP contribution in [0.4, 0.5) is 0 Å². The molecule has 0 saturated carbocycles. The summed E-state index contributed by atoms with van der Waals surface area (Å²) in [6, 6.07) is 8.23. The topological polar surface area (TPSA) is 113 Å². The van der Waals surface area contributed by atoms with Gasteiger partial charge in [-0.1, -0.05) is 44.2 Å². The van der Waals surface area contributed by atoms with Crippen LogP contribution in [0.3, 0.4) is 0 Å². The summed E-state index contributed by atoms with van der Waals surface area (Å²) < 4.78 is 1.57. The number of pyridine rings is 1. The number of hydrogen-bond donors (Lipinski definition) is 2. The summed E-state index contributed by atoms with van der Waals surface area (Å²) in [4.78, 5) is 31.9. The molecule has 2 aromatic heterocycles. The normalized spacial score (nSPS) is 19.8. The number of nitrogens with one attached hydrogen (secondary N) is 1. The number of nitrogens with zero attached hydrogens (tertiary/aromatic N) is 5. The number of carbonyl (C=O) groups is 2. The molecule has 32 heavy (non-hydrogen) atoms. The number of aliphatic hydroxyl groups is 1. The molecule has 0 bridgehead atoms. The maximum atomic E-state index is 13.7. The monoisotopic (exact) mass is 436 g/mol. The number of fused-ring (bicyclic) bond motifs is 1. The lowest BCUT2D eigenvalue weighted by Crippen LogP contribution is -2.49. The lowest BCUT2D eigenvalue weighted by atomic mass is 9.85. The number of aliphatic hydroxyl groups excluding tert-OH is 1. The van der Waals surface area contributed by atoms with Crippen LogP contribution in [0.15, 0.2) is 42.7 Å². The van der Waals surface area contributed by atoms with Crippen molar-refractivity contribution in [3.63, 3.8) is 0 Å². The summed E-state index contributed by atoms with van der Waals surface area (Å²) in [6.45, 7) is 5.94. The maximum absolute atomic E-state index is 13.7. The first-order valence-electron chi connectivity index (χ1n) is 10.7. The standard InChI is InChI=1S/C23H28N6O3/c1-23(2,3)20(22(32)28-12-14(30)11-19(28)21(31)24-4)29-13-18(26-27-29)16-7-5-9-17-15(16)8-6-10-25-17/h5-10,13-14,19-20,30H,11-12H2,1-4H3,(H,24,31)/t14-,19+,20-/m1/s1. The number of carbonyl (C=O) groups excluding carboxylic acids is 2. The second-order valence-electron chi connectivity index (χ2n) is 9.24. The lowest BCUT2D eigenvalue weighted by Gasteiger charge is -2.34. The van der Waals surface area contributed by atoms with E-state index in [1.165, 1.54) is 11.9 Å². The highest BCUT2D eigenvalue weighted by Crippen LogP contribution is 2.35. The Morgan fingerprint density at radius 1 is 1.22 bits per heavy atom. The SMILES string of the molecule is CNC(=O)[C@@H]1C[C@@H](O)CN1C(=O)[C@@H](n1cc(-c2cccc3ncccc23)nn1)C(C)(C)C. The highest BCUT2D eigenvalue weighted by Gasteiger charge is 2.45. The molecule has 0 aliphatic carbocycles. The van der Waals surface area contributed by atoms with Crippen LogP contribution in [0.1, 0.15) is 33.2 Å². The van der Waals surface area contributed by atoms with E-state index in [1.54, 1.807) is 17.1 Å². The van der Waals surface area contributed by atoms with Crippen molar-refractivity contribution in [2.75, 3.05) is 13.6 Å². The Morgan fingerprint density at radius 2 is 2.00 bits per heavy atom. The summed E-state index contributed by atoms with van der Waals surface area (Å²) in [5.41, 5.74) is 1.85. The van der Waals surface area contributed by atoms with Crippen LogP contribution in [0, 0.1) is 5.41 Å². The van der Waals surface area contributed by atoms with E-state index in [0.717, 1.165) is 16.5 Å². The first kappa shape index (κ1) is 21.9. The van der Waals surface area contributed by atoms with Crippen LogP contribution in [0.2, 0.25) is 0 Å². The molecule has 1 fully saturated rings. The Hall–Kier alpha value is -3.33. The third kappa shape index (κ3) is 3.95. The molecule has 4 rings (SSSR count). The fourth-order valence-electron chi connectivity index (χ4n) is 4.36. The molecule has 2 amide bonds. The molecular weight excluding hydrogens is 408 g/mol. The van der Waals surface area contributed by atoms with Gasteiger partial charge in [0.1, 0.15) is 17.8 Å². The molecular formula is C23H28N6O3. The predicted molar refractivity (Wildman–Crippen MR) is 119 cm³/mol. The number of rotatable bonds is 4. The predicted octanol–water partition coefficient (Wildman–Crippen LogP) is 1.79. The van der Waals surface area contributed by atoms with E-state index in [4.69, 9.17) is 0 Å². The minimum Gasteiger partial charge on any atom is -0.391 e. The number of amides is 2. The van der Waals surface area contributed by atoms with E-state index in [2.05, 4.69) is 20.6 Å². The minimum absolute atomic E-state index is 0.111. The molecule has 9 nitrogen and oxygen atoms in total. The first-order valence-corrected chi connectivity index (χ1v) is 10.7. The van der Waals surface area contributed by atoms with Crippen LogP contribution >= 0.6 is 0 Å². The summed E-state index contributed by atoms with van der Waals surface area (Å²) >= 11 is 0. The third-order valence-corrected chi connectivity index (χ3v) is 5.86. The van der Waals surface area contributed by atoms with E-state index >= 15 is 0 Å². The van der Waals surface area contributed by atoms with Crippen LogP contribution in [0.5, 0.6) is 0 Å². The number of likely N-dealkylation sites (tertiary alicyclic amines) is 1. The molecule has 0 spiro atoms. The van der Waals surface area contributed by atoms with Crippen molar-refractivity contribution in [2.24, 2.45) is 5.41 Å². The van der Waals surface area contributed by atoms with Crippen LogP contribution in [-0.4, -0.2) is 67.5 Å². The van der Waals surface area contributed by atoms with Gasteiger partial charge in [-0.15, -0.1) is 5.10 Å². The molecule has 1 aliphatic heterocycles. The van der Waals surface area contributed by atoms with Crippen LogP contribution in [0.25, 0.3) is 22.2 Å². The largest absolute Gasteiger partial charge is 0.391 e. The Bertz CT molecular complexity index is 1150. The number of benzene rings is 1. The molecule has 2 N–H and O–H groups in total. The van der Waals surface area contributed by atoms with E-state index in [-0.39, 0.29) is 24.8 Å². The average Bonchev–Trinajstić information content (AvgIpc) is 3.38. The molecule has 3 aromatic rings. The minimum atomic E-state index is -0.739. The zero-order valence-electron chi connectivity index (χ0n) is 18.7. The quantitative estimate of drug-likeness (QED) is 0.645. The Labute approximate surface area is 186 Å². The molecule has 168 valence electrons. The molecule has 1 saturated heterocycles. The smallest absolute Gasteiger partial charge is 0.248 e. The van der Waals surface area contributed by atoms with Crippen molar-refractivity contribution in [1.82, 2.24) is 30.2 Å². The third-order valence-electron chi connectivity index (χ3n) is 5.86. The number of aromatic nitrogens is 4. The molecule has 3 heterocycles. The van der Waals surface area contributed by atoms with Gasteiger partial charge in [-0.2, -0.15) is 0 Å². The van der Waals surface area contributed by atoms with Crippen LogP contribution < -0.4 is 5.32 Å². The van der Waals surface area contributed by atoms with Gasteiger partial charge in [0.2, 0.25) is 11.8 Å². The zero-order chi connectivity index (χ0) is 23.0. The van der Waals surface area contributed by atoms with Crippen molar-refractivity contribution >= 4 is 22.7 Å². The number of likely N-dealkylation sites (N-methyl/N-ethyl adjacent to an activating group) is 1. The van der Waals surface area contributed by atoms with Crippen molar-refractivity contribution in [3.05, 3.63) is 42.7 Å². The maximum Gasteiger partial charge on any atom is 0.248 e. The first-order chi connectivity index (χ1) is 15.2. The fraction of sp³-hybridized carbons (Fsp3) is 0.435. The summed E-state index contributed by atoms with van der Waals surface area (Å²) in [5, 5.41) is 22.3. The molecule has 1 aromatic carbocycles. The molecule has 1 aliphatic rings. The zero-order valence-corrected chi connectivity index (χ0v) is 18.7. The summed E-state index contributed by atoms with van der Waals surface area (Å²) in [6.07, 6.45) is 2.98. The van der Waals surface area contributed by atoms with E-state index in [9.17, 15) is 14.7 Å². The lowest BCUT2D eigenvalue weighted by molar-refractivity contribution is -0.144. The number of β-amino-alcohol motifs (C(OH)–C–C–N with tert-alkyl or cyclic N) is 1. The summed E-state index contributed by atoms with van der Waals surface area (Å²) in [7, 11) is 1.53. The van der Waals surface area contributed by atoms with Crippen LogP contribution in [-0.2, 0) is 9.59 Å². The van der Waals surface area contributed by atoms with Gasteiger partial charge in [0.05, 0.1) is 17.8 Å². The van der Waals surface area contributed by atoms with Crippen molar-refractivity contribution in [3.8, 4) is 11.3 Å². The van der Waals surface area contributed by atoms with Gasteiger partial charge in [-0.3, -0.25) is 14.6 Å². The van der Waals surface area contributed by atoms with Crippen molar-refractivity contribution in [2.45, 2.75) is 45.4 Å². The Kier molecular flexibility index (Phi) is 5.68. The van der Waals surface area contributed by atoms with Gasteiger partial charge < -0.3 is 15.3 Å². The highest BCUT2D eigenvalue weighted by molar-refractivity contribution is 5.93. The van der Waals surface area contributed by atoms with Gasteiger partial charge in [0.25, 0.3) is 0 Å². The van der Waals surface area contributed by atoms with Gasteiger partial charge in [0.15, 0.2) is 0 Å². The fourth-order valence-corrected chi connectivity index (χ4v) is 4.36. The molecule has 9 heteroatoms. The Balaban J connectivity index is 1.72. The number of hydrogen-bond acceptors (Lipinski definition) is 6. The highest BCUT2D eigenvalue weighted by atomic mass is 16.3. The van der Waals surface area contributed by atoms with Crippen molar-refractivity contribution in [1.29, 1.82) is 0 Å². The van der Waals surface area contributed by atoms with E-state index in [0.29, 0.717) is 5.69 Å². The Morgan fingerprint density at radius 3 is 2.72 bits per heavy atom. The van der Waals surface area contributed by atoms with E-state index in [1.807, 2.05) is 51.1 Å². The summed E-state index contributed by atoms with van der Waals surface area (Å²) in [5.74, 6) is -0.552. The average molecular weight is 437 g/mol. The van der Waals surface area contributed by atoms with Crippen molar-refractivity contribution < 1.29 is 14.7 Å².